The summed E-state index contributed by atoms with van der Waals surface area (Å²) in [6.45, 7) is 0.403. The summed E-state index contributed by atoms with van der Waals surface area (Å²) in [7, 11) is 1.60. The van der Waals surface area contributed by atoms with Crippen molar-refractivity contribution >= 4 is 33.5 Å². The number of benzene rings is 1. The molecule has 0 atom stereocenters. The predicted octanol–water partition coefficient (Wildman–Crippen LogP) is 4.15. The fourth-order valence-electron chi connectivity index (χ4n) is 2.77. The molecule has 5 heteroatoms. The number of hydrogen-bond donors (Lipinski definition) is 1. The first-order valence-electron chi connectivity index (χ1n) is 6.22. The third-order valence-corrected chi connectivity index (χ3v) is 4.89. The van der Waals surface area contributed by atoms with E-state index >= 15 is 0 Å². The smallest absolute Gasteiger partial charge is 0.314 e. The van der Waals surface area contributed by atoms with E-state index in [9.17, 15) is 9.90 Å². The minimum Gasteiger partial charge on any atom is -0.481 e. The largest absolute Gasteiger partial charge is 0.481 e. The molecule has 0 aromatic heterocycles. The number of methoxy groups -OCH3 is 1. The number of carboxylic acid groups (broad SMARTS) is 1. The van der Waals surface area contributed by atoms with Crippen LogP contribution in [0, 0.1) is 0 Å². The maximum atomic E-state index is 11.7. The van der Waals surface area contributed by atoms with Crippen molar-refractivity contribution in [1.82, 2.24) is 0 Å². The zero-order valence-corrected chi connectivity index (χ0v) is 13.1. The van der Waals surface area contributed by atoms with Crippen molar-refractivity contribution in [3.8, 4) is 0 Å². The number of rotatable bonds is 4. The minimum absolute atomic E-state index is 0.403. The van der Waals surface area contributed by atoms with Gasteiger partial charge in [0, 0.05) is 22.2 Å². The summed E-state index contributed by atoms with van der Waals surface area (Å²) in [5.74, 6) is -0.757. The first-order valence-corrected chi connectivity index (χ1v) is 7.39. The van der Waals surface area contributed by atoms with Crippen LogP contribution in [0.25, 0.3) is 0 Å². The van der Waals surface area contributed by atoms with Crippen molar-refractivity contribution in [2.45, 2.75) is 37.7 Å². The average Bonchev–Trinajstić information content (AvgIpc) is 2.84. The third-order valence-electron chi connectivity index (χ3n) is 3.85. The summed E-state index contributed by atoms with van der Waals surface area (Å²) in [6, 6.07) is 3.65. The average molecular weight is 348 g/mol. The Hall–Kier alpha value is -0.580. The van der Waals surface area contributed by atoms with Gasteiger partial charge in [0.25, 0.3) is 0 Å². The van der Waals surface area contributed by atoms with Gasteiger partial charge in [-0.15, -0.1) is 0 Å². The summed E-state index contributed by atoms with van der Waals surface area (Å²) in [6.07, 6.45) is 3.24. The first kappa shape index (κ1) is 14.8. The van der Waals surface area contributed by atoms with Gasteiger partial charge in [-0.05, 0) is 30.5 Å². The third kappa shape index (κ3) is 2.67. The first-order chi connectivity index (χ1) is 9.01. The molecule has 1 aliphatic rings. The molecule has 0 amide bonds. The lowest BCUT2D eigenvalue weighted by Crippen LogP contribution is -2.32. The van der Waals surface area contributed by atoms with Gasteiger partial charge in [0.2, 0.25) is 0 Å². The summed E-state index contributed by atoms with van der Waals surface area (Å²) in [5.41, 5.74) is 0.860. The van der Waals surface area contributed by atoms with E-state index in [1.807, 2.05) is 6.07 Å². The molecule has 0 aliphatic heterocycles. The molecule has 2 rings (SSSR count). The lowest BCUT2D eigenvalue weighted by atomic mass is 9.79. The fraction of sp³-hybridized carbons (Fsp3) is 0.500. The fourth-order valence-corrected chi connectivity index (χ4v) is 3.73. The molecular formula is C14H16BrClO3. The summed E-state index contributed by atoms with van der Waals surface area (Å²) < 4.78 is 5.91. The molecule has 0 saturated heterocycles. The maximum Gasteiger partial charge on any atom is 0.314 e. The van der Waals surface area contributed by atoms with Crippen molar-refractivity contribution in [1.29, 1.82) is 0 Å². The number of aliphatic carboxylic acids is 1. The Labute approximate surface area is 126 Å². The van der Waals surface area contributed by atoms with Gasteiger partial charge in [-0.25, -0.2) is 0 Å². The molecule has 19 heavy (non-hydrogen) atoms. The van der Waals surface area contributed by atoms with Crippen LogP contribution in [-0.4, -0.2) is 18.2 Å². The Morgan fingerprint density at radius 2 is 2.11 bits per heavy atom. The van der Waals surface area contributed by atoms with Crippen LogP contribution in [0.5, 0.6) is 0 Å². The molecule has 1 saturated carbocycles. The second kappa shape index (κ2) is 5.81. The molecule has 0 heterocycles. The Morgan fingerprint density at radius 3 is 2.58 bits per heavy atom. The quantitative estimate of drug-likeness (QED) is 0.890. The molecule has 1 aromatic carbocycles. The topological polar surface area (TPSA) is 46.5 Å². The number of carbonyl (C=O) groups is 1. The normalized spacial score (nSPS) is 17.6. The Morgan fingerprint density at radius 1 is 1.47 bits per heavy atom. The van der Waals surface area contributed by atoms with E-state index in [-0.39, 0.29) is 0 Å². The Balaban J connectivity index is 2.48. The molecule has 1 aromatic rings. The lowest BCUT2D eigenvalue weighted by molar-refractivity contribution is -0.143. The van der Waals surface area contributed by atoms with Crippen molar-refractivity contribution < 1.29 is 14.6 Å². The molecule has 1 fully saturated rings. The van der Waals surface area contributed by atoms with Crippen molar-refractivity contribution in [2.24, 2.45) is 0 Å². The van der Waals surface area contributed by atoms with Gasteiger partial charge < -0.3 is 9.84 Å². The second-order valence-electron chi connectivity index (χ2n) is 4.95. The van der Waals surface area contributed by atoms with Gasteiger partial charge in [0.1, 0.15) is 0 Å². The van der Waals surface area contributed by atoms with Crippen molar-refractivity contribution in [3.05, 3.63) is 32.8 Å². The van der Waals surface area contributed by atoms with Gasteiger partial charge in [0.05, 0.1) is 12.0 Å². The van der Waals surface area contributed by atoms with Crippen LogP contribution in [0.15, 0.2) is 16.6 Å². The van der Waals surface area contributed by atoms with Gasteiger partial charge in [0.15, 0.2) is 0 Å². The van der Waals surface area contributed by atoms with Gasteiger partial charge in [-0.2, -0.15) is 0 Å². The summed E-state index contributed by atoms with van der Waals surface area (Å²) in [5, 5.41) is 10.1. The number of hydrogen-bond acceptors (Lipinski definition) is 2. The van der Waals surface area contributed by atoms with Crippen molar-refractivity contribution in [3.63, 3.8) is 0 Å². The van der Waals surface area contributed by atoms with E-state index in [0.717, 1.165) is 28.4 Å². The van der Waals surface area contributed by atoms with Crippen LogP contribution in [-0.2, 0) is 21.6 Å². The van der Waals surface area contributed by atoms with Crippen LogP contribution in [0.4, 0.5) is 0 Å². The van der Waals surface area contributed by atoms with Gasteiger partial charge in [-0.3, -0.25) is 4.79 Å². The van der Waals surface area contributed by atoms with Crippen molar-refractivity contribution in [2.75, 3.05) is 7.11 Å². The Kier molecular flexibility index (Phi) is 4.54. The predicted molar refractivity (Wildman–Crippen MR) is 77.6 cm³/mol. The van der Waals surface area contributed by atoms with E-state index < -0.39 is 11.4 Å². The summed E-state index contributed by atoms with van der Waals surface area (Å²) in [4.78, 5) is 11.7. The van der Waals surface area contributed by atoms with Crippen LogP contribution in [0.1, 0.15) is 36.8 Å². The SMILES string of the molecule is COCc1c(Cl)cc(C2(C(=O)O)CCCC2)cc1Br. The molecule has 1 N–H and O–H groups in total. The highest BCUT2D eigenvalue weighted by molar-refractivity contribution is 9.10. The van der Waals surface area contributed by atoms with E-state index in [1.165, 1.54) is 0 Å². The van der Waals surface area contributed by atoms with Crippen LogP contribution in [0.3, 0.4) is 0 Å². The molecule has 0 unspecified atom stereocenters. The highest BCUT2D eigenvalue weighted by Crippen LogP contribution is 2.43. The second-order valence-corrected chi connectivity index (χ2v) is 6.21. The van der Waals surface area contributed by atoms with Crippen LogP contribution < -0.4 is 0 Å². The van der Waals surface area contributed by atoms with Gasteiger partial charge >= 0.3 is 5.97 Å². The van der Waals surface area contributed by atoms with Crippen LogP contribution >= 0.6 is 27.5 Å². The molecule has 104 valence electrons. The lowest BCUT2D eigenvalue weighted by Gasteiger charge is -2.25. The van der Waals surface area contributed by atoms with E-state index in [0.29, 0.717) is 24.5 Å². The molecule has 3 nitrogen and oxygen atoms in total. The molecule has 0 bridgehead atoms. The standard InChI is InChI=1S/C14H16BrClO3/c1-19-8-10-11(15)6-9(7-12(10)16)14(13(17)18)4-2-3-5-14/h6-7H,2-5,8H2,1H3,(H,17,18). The zero-order valence-electron chi connectivity index (χ0n) is 10.7. The van der Waals surface area contributed by atoms with E-state index in [2.05, 4.69) is 15.9 Å². The maximum absolute atomic E-state index is 11.7. The zero-order chi connectivity index (χ0) is 14.0. The van der Waals surface area contributed by atoms with E-state index in [4.69, 9.17) is 16.3 Å². The summed E-state index contributed by atoms with van der Waals surface area (Å²) >= 11 is 9.72. The Bertz CT molecular complexity index is 472. The highest BCUT2D eigenvalue weighted by atomic mass is 79.9. The monoisotopic (exact) mass is 346 g/mol. The molecule has 1 aliphatic carbocycles. The number of carboxylic acids is 1. The molecule has 0 radical (unpaired) electrons. The van der Waals surface area contributed by atoms with Gasteiger partial charge in [-0.1, -0.05) is 40.4 Å². The molecule has 0 spiro atoms. The number of ether oxygens (including phenoxy) is 1. The minimum atomic E-state index is -0.780. The number of halogens is 2. The molecular weight excluding hydrogens is 332 g/mol. The highest BCUT2D eigenvalue weighted by Gasteiger charge is 2.43. The van der Waals surface area contributed by atoms with E-state index in [1.54, 1.807) is 13.2 Å². The van der Waals surface area contributed by atoms with Crippen LogP contribution in [0.2, 0.25) is 5.02 Å².